The van der Waals surface area contributed by atoms with Crippen LogP contribution in [-0.4, -0.2) is 25.1 Å². The second-order valence-corrected chi connectivity index (χ2v) is 6.68. The maximum absolute atomic E-state index is 12.2. The molecule has 0 unspecified atom stereocenters. The van der Waals surface area contributed by atoms with Crippen LogP contribution in [0.5, 0.6) is 0 Å². The molecule has 1 aliphatic rings. The standard InChI is InChI=1S/C12H11N5OS2/c18-10-9-6-2-1-3-7(6)20-11(9)16-8(15-10)4-19-12-13-5-14-17-12/h5H,1-4H2,(H,13,14,17)(H,15,16,18). The molecule has 20 heavy (non-hydrogen) atoms. The van der Waals surface area contributed by atoms with E-state index in [1.165, 1.54) is 28.5 Å². The molecule has 3 aromatic rings. The largest absolute Gasteiger partial charge is 0.309 e. The van der Waals surface area contributed by atoms with Gasteiger partial charge in [-0.2, -0.15) is 5.10 Å². The Morgan fingerprint density at radius 2 is 2.35 bits per heavy atom. The maximum atomic E-state index is 12.2. The number of nitrogens with one attached hydrogen (secondary N) is 2. The summed E-state index contributed by atoms with van der Waals surface area (Å²) in [4.78, 5) is 25.9. The first-order valence-electron chi connectivity index (χ1n) is 6.33. The van der Waals surface area contributed by atoms with Crippen LogP contribution < -0.4 is 5.56 Å². The molecule has 6 nitrogen and oxygen atoms in total. The van der Waals surface area contributed by atoms with Crippen LogP contribution in [0.15, 0.2) is 16.3 Å². The number of aryl methyl sites for hydroxylation is 2. The minimum Gasteiger partial charge on any atom is -0.309 e. The van der Waals surface area contributed by atoms with Crippen molar-refractivity contribution in [3.05, 3.63) is 32.9 Å². The quantitative estimate of drug-likeness (QED) is 0.721. The zero-order valence-corrected chi connectivity index (χ0v) is 12.1. The van der Waals surface area contributed by atoms with Crippen molar-refractivity contribution in [2.45, 2.75) is 30.2 Å². The molecule has 0 aliphatic heterocycles. The van der Waals surface area contributed by atoms with Crippen LogP contribution in [0.25, 0.3) is 10.2 Å². The Hall–Kier alpha value is -1.67. The predicted molar refractivity (Wildman–Crippen MR) is 78.2 cm³/mol. The molecule has 0 amide bonds. The van der Waals surface area contributed by atoms with Gasteiger partial charge >= 0.3 is 0 Å². The predicted octanol–water partition coefficient (Wildman–Crippen LogP) is 1.88. The summed E-state index contributed by atoms with van der Waals surface area (Å²) in [5, 5.41) is 8.09. The zero-order valence-electron chi connectivity index (χ0n) is 10.5. The van der Waals surface area contributed by atoms with Gasteiger partial charge in [0.15, 0.2) is 5.16 Å². The first-order valence-corrected chi connectivity index (χ1v) is 8.13. The molecule has 1 aliphatic carbocycles. The second kappa shape index (κ2) is 4.71. The first-order chi connectivity index (χ1) is 9.81. The summed E-state index contributed by atoms with van der Waals surface area (Å²) < 4.78 is 0. The Bertz CT molecular complexity index is 820. The van der Waals surface area contributed by atoms with Crippen molar-refractivity contribution < 1.29 is 0 Å². The maximum Gasteiger partial charge on any atom is 0.259 e. The lowest BCUT2D eigenvalue weighted by Gasteiger charge is -1.99. The summed E-state index contributed by atoms with van der Waals surface area (Å²) in [5.41, 5.74) is 1.20. The molecular formula is C12H11N5OS2. The average molecular weight is 305 g/mol. The SMILES string of the molecule is O=c1[nH]c(CSc2ncn[nH]2)nc2sc3c(c12)CCC3. The molecule has 8 heteroatoms. The average Bonchev–Trinajstić information content (AvgIpc) is 3.12. The third-order valence-corrected chi connectivity index (χ3v) is 5.44. The van der Waals surface area contributed by atoms with Crippen molar-refractivity contribution in [2.75, 3.05) is 0 Å². The monoisotopic (exact) mass is 305 g/mol. The van der Waals surface area contributed by atoms with Crippen LogP contribution in [0.3, 0.4) is 0 Å². The van der Waals surface area contributed by atoms with Crippen molar-refractivity contribution in [2.24, 2.45) is 0 Å². The summed E-state index contributed by atoms with van der Waals surface area (Å²) >= 11 is 3.13. The first kappa shape index (κ1) is 12.1. The molecule has 0 atom stereocenters. The molecule has 0 fully saturated rings. The molecule has 3 aromatic heterocycles. The van der Waals surface area contributed by atoms with Crippen LogP contribution in [0.4, 0.5) is 0 Å². The number of nitrogens with zero attached hydrogens (tertiary/aromatic N) is 3. The minimum atomic E-state index is -0.0115. The van der Waals surface area contributed by atoms with Gasteiger partial charge in [-0.25, -0.2) is 9.97 Å². The van der Waals surface area contributed by atoms with Crippen LogP contribution in [-0.2, 0) is 18.6 Å². The zero-order chi connectivity index (χ0) is 13.5. The number of fused-ring (bicyclic) bond motifs is 3. The highest BCUT2D eigenvalue weighted by molar-refractivity contribution is 7.98. The van der Waals surface area contributed by atoms with Gasteiger partial charge in [-0.3, -0.25) is 9.89 Å². The fourth-order valence-electron chi connectivity index (χ4n) is 2.52. The number of aromatic amines is 2. The second-order valence-electron chi connectivity index (χ2n) is 4.63. The molecule has 4 rings (SSSR count). The number of hydrogen-bond acceptors (Lipinski definition) is 6. The Labute approximate surface area is 122 Å². The number of hydrogen-bond donors (Lipinski definition) is 2. The number of thioether (sulfide) groups is 1. The van der Waals surface area contributed by atoms with E-state index in [0.717, 1.165) is 34.6 Å². The number of rotatable bonds is 3. The van der Waals surface area contributed by atoms with Gasteiger partial charge in [0.2, 0.25) is 0 Å². The van der Waals surface area contributed by atoms with Gasteiger partial charge in [0.05, 0.1) is 11.1 Å². The van der Waals surface area contributed by atoms with Gasteiger partial charge in [-0.05, 0) is 24.8 Å². The van der Waals surface area contributed by atoms with E-state index in [1.54, 1.807) is 11.3 Å². The molecular weight excluding hydrogens is 294 g/mol. The summed E-state index contributed by atoms with van der Waals surface area (Å²) in [7, 11) is 0. The Morgan fingerprint density at radius 1 is 1.40 bits per heavy atom. The van der Waals surface area contributed by atoms with E-state index in [0.29, 0.717) is 11.6 Å². The van der Waals surface area contributed by atoms with Gasteiger partial charge in [0.25, 0.3) is 5.56 Å². The van der Waals surface area contributed by atoms with Gasteiger partial charge < -0.3 is 4.98 Å². The van der Waals surface area contributed by atoms with E-state index >= 15 is 0 Å². The Kier molecular flexibility index (Phi) is 2.85. The van der Waals surface area contributed by atoms with Gasteiger partial charge in [0, 0.05) is 4.88 Å². The van der Waals surface area contributed by atoms with Crippen molar-refractivity contribution in [1.29, 1.82) is 0 Å². The topological polar surface area (TPSA) is 87.3 Å². The molecule has 3 heterocycles. The van der Waals surface area contributed by atoms with Crippen LogP contribution in [0, 0.1) is 0 Å². The highest BCUT2D eigenvalue weighted by atomic mass is 32.2. The van der Waals surface area contributed by atoms with Crippen LogP contribution in [0.2, 0.25) is 0 Å². The molecule has 0 saturated heterocycles. The summed E-state index contributed by atoms with van der Waals surface area (Å²) in [5.74, 6) is 1.26. The molecule has 0 aromatic carbocycles. The summed E-state index contributed by atoms with van der Waals surface area (Å²) in [6.07, 6.45) is 4.70. The van der Waals surface area contributed by atoms with Crippen molar-refractivity contribution in [3.8, 4) is 0 Å². The highest BCUT2D eigenvalue weighted by Gasteiger charge is 2.21. The normalized spacial score (nSPS) is 14.0. The van der Waals surface area contributed by atoms with Gasteiger partial charge in [0.1, 0.15) is 17.0 Å². The van der Waals surface area contributed by atoms with E-state index in [-0.39, 0.29) is 5.56 Å². The lowest BCUT2D eigenvalue weighted by molar-refractivity contribution is 0.915. The highest BCUT2D eigenvalue weighted by Crippen LogP contribution is 2.34. The fourth-order valence-corrected chi connectivity index (χ4v) is 4.45. The van der Waals surface area contributed by atoms with Crippen LogP contribution >= 0.6 is 23.1 Å². The van der Waals surface area contributed by atoms with Crippen molar-refractivity contribution in [1.82, 2.24) is 25.1 Å². The summed E-state index contributed by atoms with van der Waals surface area (Å²) in [6.45, 7) is 0. The van der Waals surface area contributed by atoms with Crippen LogP contribution in [0.1, 0.15) is 22.7 Å². The third-order valence-electron chi connectivity index (χ3n) is 3.36. The van der Waals surface area contributed by atoms with Crippen molar-refractivity contribution >= 4 is 33.3 Å². The molecule has 0 radical (unpaired) electrons. The van der Waals surface area contributed by atoms with Crippen molar-refractivity contribution in [3.63, 3.8) is 0 Å². The van der Waals surface area contributed by atoms with E-state index < -0.39 is 0 Å². The molecule has 0 bridgehead atoms. The third kappa shape index (κ3) is 1.95. The molecule has 2 N–H and O–H groups in total. The Balaban J connectivity index is 1.70. The summed E-state index contributed by atoms with van der Waals surface area (Å²) in [6, 6.07) is 0. The number of thiophene rings is 1. The van der Waals surface area contributed by atoms with Gasteiger partial charge in [-0.1, -0.05) is 11.8 Å². The Morgan fingerprint density at radius 3 is 3.20 bits per heavy atom. The van der Waals surface area contributed by atoms with E-state index in [1.807, 2.05) is 0 Å². The number of H-pyrrole nitrogens is 2. The van der Waals surface area contributed by atoms with E-state index in [9.17, 15) is 4.79 Å². The smallest absolute Gasteiger partial charge is 0.259 e. The van der Waals surface area contributed by atoms with E-state index in [4.69, 9.17) is 0 Å². The lowest BCUT2D eigenvalue weighted by atomic mass is 10.2. The molecule has 102 valence electrons. The molecule has 0 saturated carbocycles. The fraction of sp³-hybridized carbons (Fsp3) is 0.333. The van der Waals surface area contributed by atoms with E-state index in [2.05, 4.69) is 25.1 Å². The molecule has 0 spiro atoms. The number of aromatic nitrogens is 5. The van der Waals surface area contributed by atoms with Gasteiger partial charge in [-0.15, -0.1) is 11.3 Å². The lowest BCUT2D eigenvalue weighted by Crippen LogP contribution is -2.11. The minimum absolute atomic E-state index is 0.0115.